The molecule has 0 aromatic heterocycles. The first kappa shape index (κ1) is 18.9. The van der Waals surface area contributed by atoms with E-state index in [4.69, 9.17) is 9.47 Å². The summed E-state index contributed by atoms with van der Waals surface area (Å²) in [4.78, 5) is 12.1. The SMILES string of the molecule is CCOCc1ccc(CNC(=O)[C@H]2NCCO[C@@H]2C)cc1.Cl. The highest BCUT2D eigenvalue weighted by molar-refractivity contribution is 5.85. The van der Waals surface area contributed by atoms with Crippen molar-refractivity contribution in [3.8, 4) is 0 Å². The number of rotatable bonds is 6. The molecule has 0 radical (unpaired) electrons. The Hall–Kier alpha value is -1.14. The lowest BCUT2D eigenvalue weighted by molar-refractivity contribution is -0.129. The molecule has 6 heteroatoms. The summed E-state index contributed by atoms with van der Waals surface area (Å²) in [6.45, 7) is 7.14. The molecule has 0 spiro atoms. The molecule has 0 bridgehead atoms. The summed E-state index contributed by atoms with van der Waals surface area (Å²) in [6.07, 6.45) is -0.0904. The van der Waals surface area contributed by atoms with Gasteiger partial charge in [-0.05, 0) is 25.0 Å². The number of hydrogen-bond donors (Lipinski definition) is 2. The van der Waals surface area contributed by atoms with Crippen molar-refractivity contribution in [2.24, 2.45) is 0 Å². The van der Waals surface area contributed by atoms with Crippen LogP contribution in [0.2, 0.25) is 0 Å². The molecule has 1 saturated heterocycles. The van der Waals surface area contributed by atoms with Crippen LogP contribution in [-0.2, 0) is 27.4 Å². The first-order valence-electron chi connectivity index (χ1n) is 7.49. The van der Waals surface area contributed by atoms with Gasteiger partial charge in [0.2, 0.25) is 5.91 Å². The maximum atomic E-state index is 12.1. The molecule has 5 nitrogen and oxygen atoms in total. The number of ether oxygens (including phenoxy) is 2. The second kappa shape index (κ2) is 9.79. The minimum atomic E-state index is -0.268. The van der Waals surface area contributed by atoms with Crippen LogP contribution in [0.1, 0.15) is 25.0 Å². The van der Waals surface area contributed by atoms with Crippen LogP contribution >= 0.6 is 12.4 Å². The smallest absolute Gasteiger partial charge is 0.240 e. The third kappa shape index (κ3) is 5.57. The largest absolute Gasteiger partial charge is 0.377 e. The van der Waals surface area contributed by atoms with Crippen molar-refractivity contribution in [1.29, 1.82) is 0 Å². The fourth-order valence-corrected chi connectivity index (χ4v) is 2.30. The Morgan fingerprint density at radius 1 is 1.36 bits per heavy atom. The normalized spacial score (nSPS) is 21.0. The number of carbonyl (C=O) groups excluding carboxylic acids is 1. The van der Waals surface area contributed by atoms with Gasteiger partial charge in [0.1, 0.15) is 6.04 Å². The molecule has 2 N–H and O–H groups in total. The van der Waals surface area contributed by atoms with Gasteiger partial charge < -0.3 is 20.1 Å². The Bertz CT molecular complexity index is 453. The third-order valence-corrected chi connectivity index (χ3v) is 3.56. The molecule has 0 unspecified atom stereocenters. The second-order valence-electron chi connectivity index (χ2n) is 5.18. The Labute approximate surface area is 138 Å². The summed E-state index contributed by atoms with van der Waals surface area (Å²) in [6, 6.07) is 7.82. The topological polar surface area (TPSA) is 59.6 Å². The van der Waals surface area contributed by atoms with Crippen LogP contribution in [0, 0.1) is 0 Å². The van der Waals surface area contributed by atoms with Crippen LogP contribution in [-0.4, -0.2) is 37.8 Å². The molecular weight excluding hydrogens is 304 g/mol. The molecule has 1 aliphatic rings. The molecule has 2 rings (SSSR count). The minimum Gasteiger partial charge on any atom is -0.377 e. The molecule has 2 atom stereocenters. The van der Waals surface area contributed by atoms with Crippen molar-refractivity contribution in [3.05, 3.63) is 35.4 Å². The van der Waals surface area contributed by atoms with Gasteiger partial charge in [0.05, 0.1) is 19.3 Å². The van der Waals surface area contributed by atoms with E-state index in [0.29, 0.717) is 32.9 Å². The Morgan fingerprint density at radius 2 is 2.05 bits per heavy atom. The molecule has 1 amide bonds. The zero-order valence-electron chi connectivity index (χ0n) is 13.1. The first-order valence-corrected chi connectivity index (χ1v) is 7.49. The fraction of sp³-hybridized carbons (Fsp3) is 0.562. The van der Waals surface area contributed by atoms with Gasteiger partial charge in [-0.3, -0.25) is 4.79 Å². The Balaban J connectivity index is 0.00000242. The maximum absolute atomic E-state index is 12.1. The number of morpholine rings is 1. The highest BCUT2D eigenvalue weighted by atomic mass is 35.5. The predicted molar refractivity (Wildman–Crippen MR) is 88.1 cm³/mol. The van der Waals surface area contributed by atoms with Crippen LogP contribution in [0.25, 0.3) is 0 Å². The quantitative estimate of drug-likeness (QED) is 0.833. The molecule has 1 heterocycles. The highest BCUT2D eigenvalue weighted by Gasteiger charge is 2.27. The molecule has 124 valence electrons. The van der Waals surface area contributed by atoms with Gasteiger partial charge in [-0.2, -0.15) is 0 Å². The molecular formula is C16H25ClN2O3. The Morgan fingerprint density at radius 3 is 2.68 bits per heavy atom. The minimum absolute atomic E-state index is 0. The number of amides is 1. The van der Waals surface area contributed by atoms with Gasteiger partial charge >= 0.3 is 0 Å². The third-order valence-electron chi connectivity index (χ3n) is 3.56. The van der Waals surface area contributed by atoms with Gasteiger partial charge in [-0.25, -0.2) is 0 Å². The fourth-order valence-electron chi connectivity index (χ4n) is 2.30. The monoisotopic (exact) mass is 328 g/mol. The van der Waals surface area contributed by atoms with Gasteiger partial charge in [0.15, 0.2) is 0 Å². The van der Waals surface area contributed by atoms with Crippen molar-refractivity contribution in [3.63, 3.8) is 0 Å². The molecule has 0 saturated carbocycles. The van der Waals surface area contributed by atoms with E-state index in [2.05, 4.69) is 10.6 Å². The number of carbonyl (C=O) groups is 1. The van der Waals surface area contributed by atoms with E-state index in [1.165, 1.54) is 0 Å². The summed E-state index contributed by atoms with van der Waals surface area (Å²) in [5.74, 6) is -0.0133. The van der Waals surface area contributed by atoms with E-state index >= 15 is 0 Å². The zero-order chi connectivity index (χ0) is 15.1. The highest BCUT2D eigenvalue weighted by Crippen LogP contribution is 2.07. The lowest BCUT2D eigenvalue weighted by Crippen LogP contribution is -2.55. The molecule has 1 aromatic carbocycles. The van der Waals surface area contributed by atoms with Gasteiger partial charge in [-0.15, -0.1) is 12.4 Å². The van der Waals surface area contributed by atoms with Crippen molar-refractivity contribution in [2.45, 2.75) is 39.1 Å². The lowest BCUT2D eigenvalue weighted by atomic mass is 10.1. The summed E-state index contributed by atoms with van der Waals surface area (Å²) in [7, 11) is 0. The number of halogens is 1. The van der Waals surface area contributed by atoms with E-state index < -0.39 is 0 Å². The number of benzene rings is 1. The Kier molecular flexibility index (Phi) is 8.42. The second-order valence-corrected chi connectivity index (χ2v) is 5.18. The molecule has 22 heavy (non-hydrogen) atoms. The standard InChI is InChI=1S/C16H24N2O3.ClH/c1-3-20-11-14-6-4-13(5-7-14)10-18-16(19)15-12(2)21-9-8-17-15;/h4-7,12,15,17H,3,8-11H2,1-2H3,(H,18,19);1H/t12-,15+;/m1./s1. The van der Waals surface area contributed by atoms with Crippen LogP contribution in [0.15, 0.2) is 24.3 Å². The van der Waals surface area contributed by atoms with E-state index in [9.17, 15) is 4.79 Å². The van der Waals surface area contributed by atoms with E-state index in [1.807, 2.05) is 38.1 Å². The average molecular weight is 329 g/mol. The van der Waals surface area contributed by atoms with Crippen LogP contribution in [0.3, 0.4) is 0 Å². The molecule has 1 aliphatic heterocycles. The zero-order valence-corrected chi connectivity index (χ0v) is 13.9. The maximum Gasteiger partial charge on any atom is 0.240 e. The van der Waals surface area contributed by atoms with Gasteiger partial charge in [-0.1, -0.05) is 24.3 Å². The van der Waals surface area contributed by atoms with E-state index in [0.717, 1.165) is 11.1 Å². The van der Waals surface area contributed by atoms with Crippen LogP contribution in [0.5, 0.6) is 0 Å². The number of hydrogen-bond acceptors (Lipinski definition) is 4. The lowest BCUT2D eigenvalue weighted by Gasteiger charge is -2.29. The van der Waals surface area contributed by atoms with Gasteiger partial charge in [0, 0.05) is 19.7 Å². The van der Waals surface area contributed by atoms with Crippen LogP contribution < -0.4 is 10.6 Å². The summed E-state index contributed by atoms with van der Waals surface area (Å²) < 4.78 is 10.8. The van der Waals surface area contributed by atoms with Gasteiger partial charge in [0.25, 0.3) is 0 Å². The van der Waals surface area contributed by atoms with E-state index in [1.54, 1.807) is 0 Å². The molecule has 1 aromatic rings. The molecule has 1 fully saturated rings. The summed E-state index contributed by atoms with van der Waals surface area (Å²) in [5.41, 5.74) is 2.22. The van der Waals surface area contributed by atoms with E-state index in [-0.39, 0.29) is 30.5 Å². The summed E-state index contributed by atoms with van der Waals surface area (Å²) in [5, 5.41) is 6.13. The number of nitrogens with one attached hydrogen (secondary N) is 2. The van der Waals surface area contributed by atoms with Crippen molar-refractivity contribution < 1.29 is 14.3 Å². The van der Waals surface area contributed by atoms with Crippen LogP contribution in [0.4, 0.5) is 0 Å². The first-order chi connectivity index (χ1) is 10.2. The predicted octanol–water partition coefficient (Wildman–Crippen LogP) is 1.64. The van der Waals surface area contributed by atoms with Crippen molar-refractivity contribution in [1.82, 2.24) is 10.6 Å². The van der Waals surface area contributed by atoms with Crippen molar-refractivity contribution >= 4 is 18.3 Å². The average Bonchev–Trinajstić information content (AvgIpc) is 2.52. The van der Waals surface area contributed by atoms with Crippen molar-refractivity contribution in [2.75, 3.05) is 19.8 Å². The summed E-state index contributed by atoms with van der Waals surface area (Å²) >= 11 is 0. The molecule has 0 aliphatic carbocycles.